The molecule has 15 heavy (non-hydrogen) atoms. The van der Waals surface area contributed by atoms with E-state index in [1.807, 2.05) is 6.92 Å². The van der Waals surface area contributed by atoms with E-state index in [-0.39, 0.29) is 11.7 Å². The van der Waals surface area contributed by atoms with E-state index in [0.29, 0.717) is 5.92 Å². The number of hydrogen-bond donors (Lipinski definition) is 1. The van der Waals surface area contributed by atoms with E-state index in [1.54, 1.807) is 6.20 Å². The maximum absolute atomic E-state index is 12.2. The Balaban J connectivity index is 2.13. The molecule has 2 heterocycles. The Labute approximate surface area is 93.9 Å². The van der Waals surface area contributed by atoms with Crippen LogP contribution in [0.2, 0.25) is 0 Å². The number of Topliss-reactive ketones (excluding diaryl/α,β-unsaturated/α-hetero) is 1. The van der Waals surface area contributed by atoms with Crippen LogP contribution in [-0.2, 0) is 0 Å². The van der Waals surface area contributed by atoms with Crippen LogP contribution in [0.3, 0.4) is 0 Å². The molecule has 3 nitrogen and oxygen atoms in total. The zero-order valence-corrected chi connectivity index (χ0v) is 9.93. The van der Waals surface area contributed by atoms with Gasteiger partial charge in [0, 0.05) is 18.7 Å². The van der Waals surface area contributed by atoms with Gasteiger partial charge in [-0.3, -0.25) is 4.79 Å². The van der Waals surface area contributed by atoms with Crippen LogP contribution in [0.5, 0.6) is 0 Å². The summed E-state index contributed by atoms with van der Waals surface area (Å²) in [6, 6.07) is 0. The van der Waals surface area contributed by atoms with Gasteiger partial charge in [-0.1, -0.05) is 6.92 Å². The van der Waals surface area contributed by atoms with Crippen LogP contribution in [0.4, 0.5) is 0 Å². The molecular weight excluding hydrogens is 208 g/mol. The van der Waals surface area contributed by atoms with Crippen molar-refractivity contribution < 1.29 is 4.79 Å². The second-order valence-corrected chi connectivity index (χ2v) is 5.42. The number of ketones is 1. The number of rotatable bonds is 2. The highest BCUT2D eigenvalue weighted by Crippen LogP contribution is 2.25. The lowest BCUT2D eigenvalue weighted by atomic mass is 9.84. The van der Waals surface area contributed by atoms with Crippen molar-refractivity contribution in [1.29, 1.82) is 0 Å². The average Bonchev–Trinajstić information content (AvgIpc) is 2.65. The molecule has 0 bridgehead atoms. The topological polar surface area (TPSA) is 42.0 Å². The fourth-order valence-corrected chi connectivity index (χ4v) is 2.78. The number of thiazole rings is 1. The number of nitrogens with one attached hydrogen (secondary N) is 1. The van der Waals surface area contributed by atoms with Gasteiger partial charge >= 0.3 is 0 Å². The third-order valence-corrected chi connectivity index (χ3v) is 3.96. The summed E-state index contributed by atoms with van der Waals surface area (Å²) in [6.45, 7) is 5.95. The Kier molecular flexibility index (Phi) is 3.17. The van der Waals surface area contributed by atoms with Crippen LogP contribution in [0, 0.1) is 18.8 Å². The second kappa shape index (κ2) is 4.41. The molecule has 1 N–H and O–H groups in total. The molecule has 2 rings (SSSR count). The van der Waals surface area contributed by atoms with Gasteiger partial charge in [0.2, 0.25) is 0 Å². The third-order valence-electron chi connectivity index (χ3n) is 3.03. The number of piperidine rings is 1. The highest BCUT2D eigenvalue weighted by atomic mass is 32.1. The van der Waals surface area contributed by atoms with Crippen molar-refractivity contribution in [1.82, 2.24) is 10.3 Å². The van der Waals surface area contributed by atoms with Crippen molar-refractivity contribution in [3.8, 4) is 0 Å². The summed E-state index contributed by atoms with van der Waals surface area (Å²) in [6.07, 6.45) is 2.80. The lowest BCUT2D eigenvalue weighted by Crippen LogP contribution is -2.39. The minimum atomic E-state index is 0.138. The quantitative estimate of drug-likeness (QED) is 0.780. The second-order valence-electron chi connectivity index (χ2n) is 4.18. The molecule has 0 amide bonds. The first-order valence-electron chi connectivity index (χ1n) is 5.36. The minimum Gasteiger partial charge on any atom is -0.316 e. The molecule has 1 fully saturated rings. The van der Waals surface area contributed by atoms with Gasteiger partial charge in [0.05, 0.1) is 9.88 Å². The van der Waals surface area contributed by atoms with E-state index in [4.69, 9.17) is 0 Å². The Morgan fingerprint density at radius 1 is 1.67 bits per heavy atom. The van der Waals surface area contributed by atoms with Gasteiger partial charge in [0.15, 0.2) is 5.78 Å². The average molecular weight is 224 g/mol. The molecule has 0 aliphatic carbocycles. The molecule has 1 saturated heterocycles. The van der Waals surface area contributed by atoms with Crippen molar-refractivity contribution in [3.05, 3.63) is 16.1 Å². The molecule has 1 aliphatic rings. The van der Waals surface area contributed by atoms with Crippen molar-refractivity contribution in [2.45, 2.75) is 20.3 Å². The monoisotopic (exact) mass is 224 g/mol. The maximum Gasteiger partial charge on any atom is 0.179 e. The molecule has 2 atom stereocenters. The summed E-state index contributed by atoms with van der Waals surface area (Å²) in [4.78, 5) is 17.1. The predicted octanol–water partition coefficient (Wildman–Crippen LogP) is 1.88. The number of nitrogens with zero attached hydrogens (tertiary/aromatic N) is 1. The van der Waals surface area contributed by atoms with Gasteiger partial charge in [-0.2, -0.15) is 0 Å². The molecule has 1 aliphatic heterocycles. The first-order chi connectivity index (χ1) is 7.18. The van der Waals surface area contributed by atoms with Gasteiger partial charge in [0.25, 0.3) is 0 Å². The van der Waals surface area contributed by atoms with Crippen molar-refractivity contribution >= 4 is 17.1 Å². The van der Waals surface area contributed by atoms with E-state index < -0.39 is 0 Å². The standard InChI is InChI=1S/C11H16N2OS/c1-7-3-4-12-5-9(7)11(14)10-6-13-8(2)15-10/h6-7,9,12H,3-5H2,1-2H3. The zero-order chi connectivity index (χ0) is 10.8. The number of carbonyl (C=O) groups excluding carboxylic acids is 1. The Morgan fingerprint density at radius 2 is 2.47 bits per heavy atom. The van der Waals surface area contributed by atoms with E-state index in [2.05, 4.69) is 17.2 Å². The first-order valence-corrected chi connectivity index (χ1v) is 6.17. The summed E-state index contributed by atoms with van der Waals surface area (Å²) < 4.78 is 0. The number of aromatic nitrogens is 1. The molecule has 0 spiro atoms. The summed E-state index contributed by atoms with van der Waals surface area (Å²) in [5.41, 5.74) is 0. The fourth-order valence-electron chi connectivity index (χ4n) is 2.00. The minimum absolute atomic E-state index is 0.138. The van der Waals surface area contributed by atoms with Gasteiger partial charge in [-0.25, -0.2) is 4.98 Å². The lowest BCUT2D eigenvalue weighted by molar-refractivity contribution is 0.0857. The lowest BCUT2D eigenvalue weighted by Gasteiger charge is -2.27. The van der Waals surface area contributed by atoms with E-state index in [1.165, 1.54) is 11.3 Å². The van der Waals surface area contributed by atoms with Gasteiger partial charge in [-0.05, 0) is 25.8 Å². The van der Waals surface area contributed by atoms with Gasteiger partial charge in [-0.15, -0.1) is 11.3 Å². The summed E-state index contributed by atoms with van der Waals surface area (Å²) in [5.74, 6) is 0.889. The Hall–Kier alpha value is -0.740. The van der Waals surface area contributed by atoms with E-state index >= 15 is 0 Å². The Morgan fingerprint density at radius 3 is 3.07 bits per heavy atom. The molecule has 1 aromatic rings. The summed E-state index contributed by atoms with van der Waals surface area (Å²) in [5, 5.41) is 4.25. The fraction of sp³-hybridized carbons (Fsp3) is 0.636. The first kappa shape index (κ1) is 10.8. The van der Waals surface area contributed by atoms with Gasteiger partial charge < -0.3 is 5.32 Å². The van der Waals surface area contributed by atoms with Crippen LogP contribution in [0.15, 0.2) is 6.20 Å². The van der Waals surface area contributed by atoms with E-state index in [0.717, 1.165) is 29.4 Å². The molecule has 1 aromatic heterocycles. The number of carbonyl (C=O) groups is 1. The number of hydrogen-bond acceptors (Lipinski definition) is 4. The molecule has 82 valence electrons. The van der Waals surface area contributed by atoms with Crippen LogP contribution >= 0.6 is 11.3 Å². The van der Waals surface area contributed by atoms with Gasteiger partial charge in [0.1, 0.15) is 0 Å². The van der Waals surface area contributed by atoms with E-state index in [9.17, 15) is 4.79 Å². The summed E-state index contributed by atoms with van der Waals surface area (Å²) in [7, 11) is 0. The Bertz CT molecular complexity index is 361. The number of aryl methyl sites for hydroxylation is 1. The van der Waals surface area contributed by atoms with Crippen molar-refractivity contribution in [3.63, 3.8) is 0 Å². The van der Waals surface area contributed by atoms with Crippen LogP contribution in [0.1, 0.15) is 28.0 Å². The molecule has 4 heteroatoms. The third kappa shape index (κ3) is 2.26. The highest BCUT2D eigenvalue weighted by molar-refractivity contribution is 7.13. The smallest absolute Gasteiger partial charge is 0.179 e. The van der Waals surface area contributed by atoms with Crippen molar-refractivity contribution in [2.24, 2.45) is 11.8 Å². The zero-order valence-electron chi connectivity index (χ0n) is 9.12. The van der Waals surface area contributed by atoms with Crippen LogP contribution in [0.25, 0.3) is 0 Å². The molecule has 2 unspecified atom stereocenters. The molecular formula is C11H16N2OS. The molecule has 0 radical (unpaired) electrons. The maximum atomic E-state index is 12.2. The van der Waals surface area contributed by atoms with Crippen molar-refractivity contribution in [2.75, 3.05) is 13.1 Å². The predicted molar refractivity (Wildman–Crippen MR) is 61.3 cm³/mol. The molecule has 0 aromatic carbocycles. The molecule has 0 saturated carbocycles. The normalized spacial score (nSPS) is 26.5. The summed E-state index contributed by atoms with van der Waals surface area (Å²) >= 11 is 1.50. The largest absolute Gasteiger partial charge is 0.316 e. The highest BCUT2D eigenvalue weighted by Gasteiger charge is 2.29. The van der Waals surface area contributed by atoms with Crippen LogP contribution < -0.4 is 5.32 Å². The van der Waals surface area contributed by atoms with Crippen LogP contribution in [-0.4, -0.2) is 23.9 Å². The SMILES string of the molecule is Cc1ncc(C(=O)C2CNCCC2C)s1.